The van der Waals surface area contributed by atoms with Crippen molar-refractivity contribution in [3.8, 4) is 0 Å². The van der Waals surface area contributed by atoms with E-state index in [1.165, 1.54) is 20.4 Å². The molecule has 6 heteroatoms. The minimum atomic E-state index is -1.03. The Kier molecular flexibility index (Phi) is 15.1. The van der Waals surface area contributed by atoms with Crippen molar-refractivity contribution in [2.45, 2.75) is 13.0 Å². The molecule has 0 aromatic rings. The molecule has 1 amide bonds. The predicted octanol–water partition coefficient (Wildman–Crippen LogP) is -0.546. The van der Waals surface area contributed by atoms with Crippen LogP contribution in [0.15, 0.2) is 0 Å². The van der Waals surface area contributed by atoms with E-state index in [-0.39, 0.29) is 65.4 Å². The smallest absolute Gasteiger partial charge is 0.323 e. The van der Waals surface area contributed by atoms with E-state index in [1.54, 1.807) is 0 Å². The van der Waals surface area contributed by atoms with E-state index >= 15 is 0 Å². The molecule has 0 aliphatic heterocycles. The van der Waals surface area contributed by atoms with E-state index in [0.29, 0.717) is 0 Å². The molecule has 0 saturated carbocycles. The van der Waals surface area contributed by atoms with Gasteiger partial charge in [-0.25, -0.2) is 0 Å². The predicted molar refractivity (Wildman–Crippen MR) is 30.6 cm³/mol. The molecule has 0 aliphatic carbocycles. The first kappa shape index (κ1) is 18.0. The topological polar surface area (TPSA) is 57.6 Å². The molecule has 2 radical (unpaired) electrons. The zero-order valence-corrected chi connectivity index (χ0v) is 12.1. The van der Waals surface area contributed by atoms with Crippen molar-refractivity contribution in [2.24, 2.45) is 0 Å². The van der Waals surface area contributed by atoms with Crippen molar-refractivity contribution in [1.82, 2.24) is 4.90 Å². The van der Waals surface area contributed by atoms with Crippen LogP contribution in [0.1, 0.15) is 6.92 Å². The average Bonchev–Trinajstić information content (AvgIpc) is 1.84. The summed E-state index contributed by atoms with van der Waals surface area (Å²) < 4.78 is 0. The normalized spacial score (nSPS) is 10.0. The van der Waals surface area contributed by atoms with E-state index in [2.05, 4.69) is 0 Å². The number of aliphatic carboxylic acids is 1. The number of rotatable bonds is 3. The molecule has 0 aliphatic rings. The third kappa shape index (κ3) is 7.51. The second-order valence-electron chi connectivity index (χ2n) is 1.72. The van der Waals surface area contributed by atoms with E-state index in [0.717, 1.165) is 4.90 Å². The van der Waals surface area contributed by atoms with Gasteiger partial charge in [-0.15, -0.1) is 0 Å². The van der Waals surface area contributed by atoms with Crippen LogP contribution in [0.2, 0.25) is 0 Å². The van der Waals surface area contributed by atoms with Gasteiger partial charge in [-0.1, -0.05) is 0 Å². The molecule has 0 aromatic carbocycles. The van der Waals surface area contributed by atoms with Crippen LogP contribution in [-0.2, 0) is 75.0 Å². The van der Waals surface area contributed by atoms with E-state index < -0.39 is 12.0 Å². The first-order valence-electron chi connectivity index (χ1n) is 2.43. The van der Waals surface area contributed by atoms with Crippen LogP contribution in [0.5, 0.6) is 0 Å². The van der Waals surface area contributed by atoms with Gasteiger partial charge in [0, 0.05) is 65.4 Å². The Bertz CT molecular complexity index is 131. The van der Waals surface area contributed by atoms with Gasteiger partial charge >= 0.3 is 5.97 Å². The quantitative estimate of drug-likeness (QED) is 0.562. The molecule has 0 unspecified atom stereocenters. The summed E-state index contributed by atoms with van der Waals surface area (Å²) in [5, 5.41) is 8.26. The number of hydrogen-bond donors (Lipinski definition) is 1. The molecule has 0 fully saturated rings. The van der Waals surface area contributed by atoms with Gasteiger partial charge in [0.15, 0.2) is 0 Å². The Morgan fingerprint density at radius 2 is 1.91 bits per heavy atom. The van der Waals surface area contributed by atoms with Crippen molar-refractivity contribution in [2.75, 3.05) is 7.05 Å². The number of carbonyl (C=O) groups excluding carboxylic acids is 1. The van der Waals surface area contributed by atoms with Crippen LogP contribution in [-0.4, -0.2) is 35.5 Å². The molecule has 0 spiro atoms. The van der Waals surface area contributed by atoms with E-state index in [1.807, 2.05) is 0 Å². The Labute approximate surface area is 116 Å². The number of carbonyl (C=O) groups is 1. The fourth-order valence-corrected chi connectivity index (χ4v) is 0.245. The average molecular weight is 308 g/mol. The number of amides is 1. The molecular formula is C5H8NO3Y2-. The minimum absolute atomic E-state index is 0. The van der Waals surface area contributed by atoms with Gasteiger partial charge in [0.1, 0.15) is 0 Å². The SMILES string of the molecule is C[C@H](C(=O)O)N(C)[C-]=O.[Y].[Y]. The fraction of sp³-hybridized carbons (Fsp3) is 0.600. The number of likely N-dealkylation sites (N-methyl/N-ethyl adjacent to an activating group) is 1. The summed E-state index contributed by atoms with van der Waals surface area (Å²) >= 11 is 0. The molecule has 0 saturated heterocycles. The van der Waals surface area contributed by atoms with E-state index in [4.69, 9.17) is 5.11 Å². The molecule has 1 N–H and O–H groups in total. The van der Waals surface area contributed by atoms with Gasteiger partial charge < -0.3 is 14.8 Å². The number of carboxylic acids is 1. The van der Waals surface area contributed by atoms with Crippen LogP contribution in [0.4, 0.5) is 0 Å². The zero-order valence-electron chi connectivity index (χ0n) is 6.44. The van der Waals surface area contributed by atoms with Crippen LogP contribution < -0.4 is 0 Å². The van der Waals surface area contributed by atoms with Crippen LogP contribution >= 0.6 is 0 Å². The summed E-state index contributed by atoms with van der Waals surface area (Å²) in [6, 6.07) is -0.789. The first-order valence-corrected chi connectivity index (χ1v) is 2.43. The second-order valence-corrected chi connectivity index (χ2v) is 1.72. The third-order valence-electron chi connectivity index (χ3n) is 1.08. The maximum absolute atomic E-state index is 10.1. The van der Waals surface area contributed by atoms with Crippen molar-refractivity contribution in [1.29, 1.82) is 0 Å². The zero-order chi connectivity index (χ0) is 7.44. The number of nitrogens with zero attached hydrogens (tertiary/aromatic N) is 1. The fourth-order valence-electron chi connectivity index (χ4n) is 0.245. The largest absolute Gasteiger partial charge is 0.520 e. The summed E-state index contributed by atoms with van der Waals surface area (Å²) in [6.45, 7) is 1.41. The van der Waals surface area contributed by atoms with Crippen LogP contribution in [0, 0.1) is 0 Å². The van der Waals surface area contributed by atoms with Crippen molar-refractivity contribution >= 4 is 12.4 Å². The molecular weight excluding hydrogens is 300 g/mol. The maximum Gasteiger partial charge on any atom is 0.323 e. The molecule has 0 rings (SSSR count). The number of hydrogen-bond acceptors (Lipinski definition) is 2. The van der Waals surface area contributed by atoms with Crippen LogP contribution in [0.3, 0.4) is 0 Å². The van der Waals surface area contributed by atoms with Gasteiger partial charge in [0.05, 0.1) is 6.04 Å². The van der Waals surface area contributed by atoms with Crippen LogP contribution in [0.25, 0.3) is 0 Å². The van der Waals surface area contributed by atoms with E-state index in [9.17, 15) is 9.59 Å². The van der Waals surface area contributed by atoms with Gasteiger partial charge in [-0.2, -0.15) is 6.41 Å². The molecule has 4 nitrogen and oxygen atoms in total. The summed E-state index contributed by atoms with van der Waals surface area (Å²) in [6.07, 6.45) is 1.45. The molecule has 0 bridgehead atoms. The minimum Gasteiger partial charge on any atom is -0.520 e. The Morgan fingerprint density at radius 1 is 1.55 bits per heavy atom. The summed E-state index contributed by atoms with van der Waals surface area (Å²) in [7, 11) is 1.37. The van der Waals surface area contributed by atoms with Gasteiger partial charge in [-0.3, -0.25) is 4.79 Å². The molecule has 11 heavy (non-hydrogen) atoms. The van der Waals surface area contributed by atoms with Crippen molar-refractivity contribution in [3.05, 3.63) is 0 Å². The standard InChI is InChI=1S/C5H8NO3.2Y/c1-4(5(8)9)6(2)3-7;;/h4H,1-2H3,(H,8,9);;/q-1;;/t4-;;/m1../s1. The summed E-state index contributed by atoms with van der Waals surface area (Å²) in [5.74, 6) is -1.03. The second kappa shape index (κ2) is 9.24. The molecule has 58 valence electrons. The number of carboxylic acid groups (broad SMARTS) is 1. The maximum atomic E-state index is 10.1. The Morgan fingerprint density at radius 3 is 2.00 bits per heavy atom. The molecule has 0 aromatic heterocycles. The van der Waals surface area contributed by atoms with Crippen molar-refractivity contribution < 1.29 is 80.1 Å². The molecule has 1 atom stereocenters. The monoisotopic (exact) mass is 308 g/mol. The van der Waals surface area contributed by atoms with Crippen molar-refractivity contribution in [3.63, 3.8) is 0 Å². The Balaban J connectivity index is -0.000000320. The molecule has 0 heterocycles. The summed E-state index contributed by atoms with van der Waals surface area (Å²) in [5.41, 5.74) is 0. The first-order chi connectivity index (χ1) is 4.09. The Hall–Kier alpha value is 1.15. The van der Waals surface area contributed by atoms with Gasteiger partial charge in [-0.05, 0) is 14.0 Å². The summed E-state index contributed by atoms with van der Waals surface area (Å²) in [4.78, 5) is 20.8. The van der Waals surface area contributed by atoms with Gasteiger partial charge in [0.2, 0.25) is 0 Å². The van der Waals surface area contributed by atoms with Gasteiger partial charge in [0.25, 0.3) is 0 Å². The third-order valence-corrected chi connectivity index (χ3v) is 1.08.